The van der Waals surface area contributed by atoms with Crippen molar-refractivity contribution in [3.05, 3.63) is 60.9 Å². The van der Waals surface area contributed by atoms with Gasteiger partial charge in [0.05, 0.1) is 24.5 Å². The molecule has 9 heteroatoms. The Bertz CT molecular complexity index is 1210. The smallest absolute Gasteiger partial charge is 0.154 e. The van der Waals surface area contributed by atoms with Gasteiger partial charge in [0.25, 0.3) is 0 Å². The first-order valence-electron chi connectivity index (χ1n) is 10.6. The number of hydrogen-bond acceptors (Lipinski definition) is 8. The summed E-state index contributed by atoms with van der Waals surface area (Å²) in [5, 5.41) is 7.74. The average Bonchev–Trinajstić information content (AvgIpc) is 3.20. The lowest BCUT2D eigenvalue weighted by atomic mass is 10.1. The van der Waals surface area contributed by atoms with Crippen molar-refractivity contribution in [2.45, 2.75) is 13.0 Å². The highest BCUT2D eigenvalue weighted by molar-refractivity contribution is 5.75. The van der Waals surface area contributed by atoms with Gasteiger partial charge in [0.2, 0.25) is 0 Å². The third kappa shape index (κ3) is 4.53. The first-order valence-corrected chi connectivity index (χ1v) is 10.6. The van der Waals surface area contributed by atoms with Crippen LogP contribution in [0, 0.1) is 6.92 Å². The predicted octanol–water partition coefficient (Wildman–Crippen LogP) is 2.95. The number of likely N-dealkylation sites (N-methyl/N-ethyl adjacent to an activating group) is 1. The van der Waals surface area contributed by atoms with Gasteiger partial charge >= 0.3 is 0 Å². The lowest BCUT2D eigenvalue weighted by Crippen LogP contribution is -2.42. The van der Waals surface area contributed by atoms with Gasteiger partial charge in [0.1, 0.15) is 24.3 Å². The van der Waals surface area contributed by atoms with Gasteiger partial charge in [-0.1, -0.05) is 0 Å². The molecule has 0 unspecified atom stereocenters. The molecule has 164 valence electrons. The maximum atomic E-state index is 6.17. The van der Waals surface area contributed by atoms with Gasteiger partial charge in [-0.2, -0.15) is 5.10 Å². The number of ether oxygens (including phenoxy) is 2. The quantitative estimate of drug-likeness (QED) is 0.498. The molecule has 1 aliphatic rings. The Kier molecular flexibility index (Phi) is 5.66. The summed E-state index contributed by atoms with van der Waals surface area (Å²) in [6, 6.07) is 8.13. The Morgan fingerprint density at radius 1 is 1.16 bits per heavy atom. The van der Waals surface area contributed by atoms with Gasteiger partial charge in [-0.15, -0.1) is 0 Å². The molecule has 0 bridgehead atoms. The van der Waals surface area contributed by atoms with Crippen molar-refractivity contribution in [3.8, 4) is 16.9 Å². The van der Waals surface area contributed by atoms with Crippen LogP contribution in [-0.2, 0) is 4.74 Å². The van der Waals surface area contributed by atoms with E-state index >= 15 is 0 Å². The lowest BCUT2D eigenvalue weighted by molar-refractivity contribution is -0.0403. The Morgan fingerprint density at radius 3 is 2.94 bits per heavy atom. The summed E-state index contributed by atoms with van der Waals surface area (Å²) in [5.74, 6) is 2.09. The molecule has 0 spiro atoms. The van der Waals surface area contributed by atoms with Crippen LogP contribution < -0.4 is 10.1 Å². The molecule has 0 aromatic carbocycles. The molecule has 4 aromatic heterocycles. The number of fused-ring (bicyclic) bond motifs is 1. The number of nitrogens with zero attached hydrogens (tertiary/aromatic N) is 6. The van der Waals surface area contributed by atoms with Crippen LogP contribution in [0.1, 0.15) is 5.69 Å². The van der Waals surface area contributed by atoms with Crippen molar-refractivity contribution >= 4 is 17.2 Å². The molecule has 1 atom stereocenters. The molecular formula is C23H25N7O2. The molecule has 5 heterocycles. The highest BCUT2D eigenvalue weighted by Gasteiger charge is 2.19. The van der Waals surface area contributed by atoms with E-state index in [4.69, 9.17) is 9.47 Å². The largest absolute Gasteiger partial charge is 0.489 e. The second-order valence-electron chi connectivity index (χ2n) is 7.92. The van der Waals surface area contributed by atoms with Crippen LogP contribution in [0.15, 0.2) is 55.2 Å². The van der Waals surface area contributed by atoms with Crippen molar-refractivity contribution in [1.29, 1.82) is 0 Å². The molecule has 9 nitrogen and oxygen atoms in total. The van der Waals surface area contributed by atoms with E-state index in [2.05, 4.69) is 43.4 Å². The van der Waals surface area contributed by atoms with E-state index in [1.165, 1.54) is 0 Å². The van der Waals surface area contributed by atoms with E-state index < -0.39 is 0 Å². The van der Waals surface area contributed by atoms with Crippen molar-refractivity contribution in [2.75, 3.05) is 38.7 Å². The van der Waals surface area contributed by atoms with Crippen molar-refractivity contribution in [3.63, 3.8) is 0 Å². The van der Waals surface area contributed by atoms with Gasteiger partial charge in [-0.3, -0.25) is 9.97 Å². The van der Waals surface area contributed by atoms with E-state index in [9.17, 15) is 0 Å². The van der Waals surface area contributed by atoms with E-state index in [0.717, 1.165) is 47.8 Å². The molecular weight excluding hydrogens is 406 g/mol. The van der Waals surface area contributed by atoms with E-state index in [1.807, 2.05) is 35.8 Å². The van der Waals surface area contributed by atoms with Gasteiger partial charge in [0, 0.05) is 49.0 Å². The highest BCUT2D eigenvalue weighted by atomic mass is 16.5. The Morgan fingerprint density at radius 2 is 2.09 bits per heavy atom. The van der Waals surface area contributed by atoms with Crippen molar-refractivity contribution < 1.29 is 9.47 Å². The molecule has 0 aliphatic carbocycles. The third-order valence-corrected chi connectivity index (χ3v) is 5.36. The number of hydrogen-bond donors (Lipinski definition) is 1. The maximum Gasteiger partial charge on any atom is 0.154 e. The van der Waals surface area contributed by atoms with Crippen molar-refractivity contribution in [2.24, 2.45) is 0 Å². The summed E-state index contributed by atoms with van der Waals surface area (Å²) in [4.78, 5) is 15.0. The highest BCUT2D eigenvalue weighted by Crippen LogP contribution is 2.31. The van der Waals surface area contributed by atoms with Crippen molar-refractivity contribution in [1.82, 2.24) is 29.5 Å². The van der Waals surface area contributed by atoms with Gasteiger partial charge in [0.15, 0.2) is 5.82 Å². The van der Waals surface area contributed by atoms with E-state index in [-0.39, 0.29) is 6.10 Å². The molecule has 4 aromatic rings. The van der Waals surface area contributed by atoms with Crippen LogP contribution in [0.2, 0.25) is 0 Å². The SMILES string of the molecule is Cc1cc(-c2ccn3nc(Nc4cnccn4)cc3c2)c(OC[C@@H]2CN(C)CCO2)cn1. The number of nitrogens with one attached hydrogen (secondary N) is 1. The molecule has 32 heavy (non-hydrogen) atoms. The molecule has 1 N–H and O–H groups in total. The summed E-state index contributed by atoms with van der Waals surface area (Å²) in [6.45, 7) is 5.01. The minimum atomic E-state index is 0.0509. The normalized spacial score (nSPS) is 16.9. The maximum absolute atomic E-state index is 6.17. The number of pyridine rings is 2. The minimum Gasteiger partial charge on any atom is -0.489 e. The predicted molar refractivity (Wildman–Crippen MR) is 121 cm³/mol. The molecule has 0 saturated carbocycles. The van der Waals surface area contributed by atoms with Gasteiger partial charge in [-0.05, 0) is 37.7 Å². The topological polar surface area (TPSA) is 89.7 Å². The molecule has 1 aliphatic heterocycles. The minimum absolute atomic E-state index is 0.0509. The molecule has 1 saturated heterocycles. The number of aryl methyl sites for hydroxylation is 1. The molecule has 0 radical (unpaired) electrons. The zero-order chi connectivity index (χ0) is 21.9. The number of aromatic nitrogens is 5. The first-order chi connectivity index (χ1) is 15.6. The molecule has 1 fully saturated rings. The van der Waals surface area contributed by atoms with Crippen LogP contribution in [0.25, 0.3) is 16.6 Å². The van der Waals surface area contributed by atoms with Crippen LogP contribution in [0.5, 0.6) is 5.75 Å². The molecule has 0 amide bonds. The number of anilines is 2. The van der Waals surface area contributed by atoms with Crippen LogP contribution in [0.4, 0.5) is 11.6 Å². The second kappa shape index (κ2) is 8.89. The molecule has 5 rings (SSSR count). The fourth-order valence-electron chi connectivity index (χ4n) is 3.76. The van der Waals surface area contributed by atoms with E-state index in [0.29, 0.717) is 18.2 Å². The third-order valence-electron chi connectivity index (χ3n) is 5.36. The lowest BCUT2D eigenvalue weighted by Gasteiger charge is -2.30. The fourth-order valence-corrected chi connectivity index (χ4v) is 3.76. The summed E-state index contributed by atoms with van der Waals surface area (Å²) in [7, 11) is 2.10. The second-order valence-corrected chi connectivity index (χ2v) is 7.92. The summed E-state index contributed by atoms with van der Waals surface area (Å²) in [6.07, 6.45) is 8.71. The Hall–Kier alpha value is -3.56. The summed E-state index contributed by atoms with van der Waals surface area (Å²) >= 11 is 0. The van der Waals surface area contributed by atoms with Gasteiger partial charge in [-0.25, -0.2) is 9.50 Å². The van der Waals surface area contributed by atoms with Gasteiger partial charge < -0.3 is 19.7 Å². The number of morpholine rings is 1. The Balaban J connectivity index is 1.39. The first kappa shape index (κ1) is 20.3. The standard InChI is InChI=1S/C23H25N7O2/c1-16-9-20(21(12-26-16)32-15-19-14-29(2)7-8-31-19)17-3-6-30-18(10-17)11-22(28-30)27-23-13-24-4-5-25-23/h3-6,9-13,19H,7-8,14-15H2,1-2H3,(H,25,27,28)/t19-/m0/s1. The fraction of sp³-hybridized carbons (Fsp3) is 0.304. The zero-order valence-electron chi connectivity index (χ0n) is 18.1. The van der Waals surface area contributed by atoms with Crippen LogP contribution in [-0.4, -0.2) is 68.9 Å². The zero-order valence-corrected chi connectivity index (χ0v) is 18.1. The monoisotopic (exact) mass is 431 g/mol. The average molecular weight is 432 g/mol. The van der Waals surface area contributed by atoms with Crippen LogP contribution in [0.3, 0.4) is 0 Å². The number of rotatable bonds is 6. The van der Waals surface area contributed by atoms with E-state index in [1.54, 1.807) is 24.8 Å². The Labute approximate surface area is 186 Å². The van der Waals surface area contributed by atoms with Crippen LogP contribution >= 0.6 is 0 Å². The summed E-state index contributed by atoms with van der Waals surface area (Å²) in [5.41, 5.74) is 3.91. The summed E-state index contributed by atoms with van der Waals surface area (Å²) < 4.78 is 13.8.